The van der Waals surface area contributed by atoms with Crippen molar-refractivity contribution < 1.29 is 5.11 Å². The number of nitrogens with zero attached hydrogens (tertiary/aromatic N) is 2. The summed E-state index contributed by atoms with van der Waals surface area (Å²) in [6, 6.07) is 0. The Morgan fingerprint density at radius 1 is 1.27 bits per heavy atom. The van der Waals surface area contributed by atoms with Gasteiger partial charge in [0.05, 0.1) is 16.7 Å². The molecule has 0 spiro atoms. The van der Waals surface area contributed by atoms with Gasteiger partial charge in [0.15, 0.2) is 0 Å². The average Bonchev–Trinajstić information content (AvgIpc) is 2.72. The van der Waals surface area contributed by atoms with Crippen LogP contribution in [0.5, 0.6) is 0 Å². The maximum atomic E-state index is 9.95. The first-order chi connectivity index (χ1) is 7.29. The van der Waals surface area contributed by atoms with E-state index in [4.69, 9.17) is 0 Å². The molecule has 86 valence electrons. The van der Waals surface area contributed by atoms with Gasteiger partial charge in [-0.25, -0.2) is 0 Å². The van der Waals surface area contributed by atoms with E-state index in [9.17, 15) is 5.11 Å². The van der Waals surface area contributed by atoms with E-state index in [1.54, 1.807) is 0 Å². The molecule has 1 heterocycles. The normalized spacial score (nSPS) is 13.0. The third kappa shape index (κ3) is 3.87. The lowest BCUT2D eigenvalue weighted by molar-refractivity contribution is 0.166. The van der Waals surface area contributed by atoms with Crippen LogP contribution in [-0.4, -0.2) is 14.7 Å². The summed E-state index contributed by atoms with van der Waals surface area (Å²) in [5, 5.41) is 14.0. The van der Waals surface area contributed by atoms with Gasteiger partial charge in [-0.3, -0.25) is 0 Å². The van der Waals surface area contributed by atoms with Gasteiger partial charge in [0.2, 0.25) is 0 Å². The molecule has 1 aromatic rings. The lowest BCUT2D eigenvalue weighted by atomic mass is 10.1. The van der Waals surface area contributed by atoms with Gasteiger partial charge in [0, 0.05) is 0 Å². The molecule has 1 aromatic heterocycles. The molecule has 15 heavy (non-hydrogen) atoms. The van der Waals surface area contributed by atoms with Gasteiger partial charge in [0.1, 0.15) is 0 Å². The molecule has 0 amide bonds. The van der Waals surface area contributed by atoms with E-state index in [2.05, 4.69) is 16.5 Å². The van der Waals surface area contributed by atoms with E-state index in [-0.39, 0.29) is 6.10 Å². The number of unbranched alkanes of at least 4 members (excludes halogenated alkanes) is 3. The molecule has 0 fully saturated rings. The van der Waals surface area contributed by atoms with Gasteiger partial charge >= 0.3 is 0 Å². The summed E-state index contributed by atoms with van der Waals surface area (Å²) in [6.45, 7) is 4.24. The molecule has 4 heteroatoms. The first kappa shape index (κ1) is 12.6. The smallest absolute Gasteiger partial charge is 0.0917 e. The predicted octanol–water partition coefficient (Wildman–Crippen LogP) is 3.10. The van der Waals surface area contributed by atoms with Crippen molar-refractivity contribution in [2.75, 3.05) is 0 Å². The highest BCUT2D eigenvalue weighted by Gasteiger charge is 2.14. The maximum absolute atomic E-state index is 9.95. The second-order valence-corrected chi connectivity index (χ2v) is 4.59. The highest BCUT2D eigenvalue weighted by molar-refractivity contribution is 7.05. The van der Waals surface area contributed by atoms with E-state index in [1.807, 2.05) is 6.92 Å². The molecule has 0 aromatic carbocycles. The first-order valence-electron chi connectivity index (χ1n) is 5.78. The standard InChI is InChI=1S/C11H20N2OS/c1-3-5-6-7-8-10(14)11-9(4-2)12-13-15-11/h10,14H,3-8H2,1-2H3. The van der Waals surface area contributed by atoms with Crippen molar-refractivity contribution in [1.29, 1.82) is 0 Å². The molecule has 0 aliphatic rings. The van der Waals surface area contributed by atoms with Crippen LogP contribution >= 0.6 is 11.5 Å². The number of hydrogen-bond acceptors (Lipinski definition) is 4. The molecule has 0 saturated carbocycles. The molecule has 0 radical (unpaired) electrons. The fraction of sp³-hybridized carbons (Fsp3) is 0.818. The monoisotopic (exact) mass is 228 g/mol. The minimum atomic E-state index is -0.350. The molecule has 0 aliphatic heterocycles. The zero-order chi connectivity index (χ0) is 11.1. The molecule has 1 atom stereocenters. The molecular formula is C11H20N2OS. The predicted molar refractivity (Wildman–Crippen MR) is 63.0 cm³/mol. The van der Waals surface area contributed by atoms with Crippen molar-refractivity contribution in [2.24, 2.45) is 0 Å². The SMILES string of the molecule is CCCCCCC(O)c1snnc1CC. The molecule has 1 unspecified atom stereocenters. The summed E-state index contributed by atoms with van der Waals surface area (Å²) >= 11 is 1.33. The number of aliphatic hydroxyl groups excluding tert-OH is 1. The number of rotatable bonds is 7. The van der Waals surface area contributed by atoms with Crippen LogP contribution in [0.2, 0.25) is 0 Å². The summed E-state index contributed by atoms with van der Waals surface area (Å²) in [6.07, 6.45) is 6.15. The van der Waals surface area contributed by atoms with Gasteiger partial charge in [0.25, 0.3) is 0 Å². The lowest BCUT2D eigenvalue weighted by Crippen LogP contribution is -1.98. The second-order valence-electron chi connectivity index (χ2n) is 3.80. The number of aryl methyl sites for hydroxylation is 1. The molecule has 0 saturated heterocycles. The van der Waals surface area contributed by atoms with Crippen LogP contribution < -0.4 is 0 Å². The summed E-state index contributed by atoms with van der Waals surface area (Å²) in [5.41, 5.74) is 0.961. The van der Waals surface area contributed by atoms with Crippen molar-refractivity contribution in [3.05, 3.63) is 10.6 Å². The van der Waals surface area contributed by atoms with Crippen molar-refractivity contribution in [2.45, 2.75) is 58.5 Å². The molecule has 1 N–H and O–H groups in total. The van der Waals surface area contributed by atoms with Crippen LogP contribution in [0, 0.1) is 0 Å². The third-order valence-corrected chi connectivity index (χ3v) is 3.42. The van der Waals surface area contributed by atoms with Crippen molar-refractivity contribution in [3.63, 3.8) is 0 Å². The van der Waals surface area contributed by atoms with Gasteiger partial charge in [-0.15, -0.1) is 5.10 Å². The highest BCUT2D eigenvalue weighted by atomic mass is 32.1. The molecule has 0 bridgehead atoms. The Hall–Kier alpha value is -0.480. The Kier molecular flexibility index (Phi) is 5.79. The van der Waals surface area contributed by atoms with Crippen molar-refractivity contribution in [1.82, 2.24) is 9.59 Å². The van der Waals surface area contributed by atoms with E-state index >= 15 is 0 Å². The minimum absolute atomic E-state index is 0.350. The maximum Gasteiger partial charge on any atom is 0.0917 e. The summed E-state index contributed by atoms with van der Waals surface area (Å²) in [5.74, 6) is 0. The minimum Gasteiger partial charge on any atom is -0.387 e. The lowest BCUT2D eigenvalue weighted by Gasteiger charge is -2.08. The Morgan fingerprint density at radius 3 is 2.73 bits per heavy atom. The van der Waals surface area contributed by atoms with Gasteiger partial charge in [-0.2, -0.15) is 0 Å². The quantitative estimate of drug-likeness (QED) is 0.729. The average molecular weight is 228 g/mol. The third-order valence-electron chi connectivity index (χ3n) is 2.55. The molecule has 0 aliphatic carbocycles. The Labute approximate surface area is 95.7 Å². The highest BCUT2D eigenvalue weighted by Crippen LogP contribution is 2.25. The van der Waals surface area contributed by atoms with Crippen molar-refractivity contribution >= 4 is 11.5 Å². The van der Waals surface area contributed by atoms with Gasteiger partial charge in [-0.05, 0) is 24.4 Å². The van der Waals surface area contributed by atoms with Crippen LogP contribution in [0.1, 0.15) is 62.6 Å². The molecule has 3 nitrogen and oxygen atoms in total. The fourth-order valence-corrected chi connectivity index (χ4v) is 2.37. The molecule has 1 rings (SSSR count). The van der Waals surface area contributed by atoms with Crippen molar-refractivity contribution in [3.8, 4) is 0 Å². The summed E-state index contributed by atoms with van der Waals surface area (Å²) < 4.78 is 3.89. The topological polar surface area (TPSA) is 46.0 Å². The van der Waals surface area contributed by atoms with Gasteiger partial charge in [-0.1, -0.05) is 44.0 Å². The van der Waals surface area contributed by atoms with E-state index in [0.29, 0.717) is 0 Å². The first-order valence-corrected chi connectivity index (χ1v) is 6.56. The van der Waals surface area contributed by atoms with Crippen LogP contribution in [-0.2, 0) is 6.42 Å². The Bertz CT molecular complexity index is 275. The zero-order valence-corrected chi connectivity index (χ0v) is 10.4. The summed E-state index contributed by atoms with van der Waals surface area (Å²) in [4.78, 5) is 0.967. The van der Waals surface area contributed by atoms with Crippen LogP contribution in [0.15, 0.2) is 0 Å². The number of aromatic nitrogens is 2. The zero-order valence-electron chi connectivity index (χ0n) is 9.57. The van der Waals surface area contributed by atoms with E-state index in [1.165, 1.54) is 30.8 Å². The number of aliphatic hydroxyl groups is 1. The summed E-state index contributed by atoms with van der Waals surface area (Å²) in [7, 11) is 0. The van der Waals surface area contributed by atoms with E-state index in [0.717, 1.165) is 29.8 Å². The Morgan fingerprint density at radius 2 is 2.07 bits per heavy atom. The fourth-order valence-electron chi connectivity index (χ4n) is 1.61. The molecular weight excluding hydrogens is 208 g/mol. The Balaban J connectivity index is 2.36. The van der Waals surface area contributed by atoms with Crippen LogP contribution in [0.4, 0.5) is 0 Å². The van der Waals surface area contributed by atoms with E-state index < -0.39 is 0 Å². The van der Waals surface area contributed by atoms with Crippen LogP contribution in [0.3, 0.4) is 0 Å². The van der Waals surface area contributed by atoms with Gasteiger partial charge < -0.3 is 5.11 Å². The number of hydrogen-bond donors (Lipinski definition) is 1. The van der Waals surface area contributed by atoms with Crippen LogP contribution in [0.25, 0.3) is 0 Å². The largest absolute Gasteiger partial charge is 0.387 e. The second kappa shape index (κ2) is 6.90.